The first-order chi connectivity index (χ1) is 11.7. The van der Waals surface area contributed by atoms with Crippen molar-refractivity contribution >= 4 is 17.2 Å². The Morgan fingerprint density at radius 1 is 1.33 bits per heavy atom. The van der Waals surface area contributed by atoms with E-state index in [-0.39, 0.29) is 12.5 Å². The molecule has 1 N–H and O–H groups in total. The highest BCUT2D eigenvalue weighted by molar-refractivity contribution is 7.09. The van der Waals surface area contributed by atoms with E-state index in [0.29, 0.717) is 30.5 Å². The van der Waals surface area contributed by atoms with Crippen molar-refractivity contribution in [1.82, 2.24) is 25.3 Å². The Balaban J connectivity index is 1.49. The molecule has 0 spiro atoms. The quantitative estimate of drug-likeness (QED) is 0.706. The molecule has 8 heteroatoms. The maximum absolute atomic E-state index is 11.9. The zero-order valence-electron chi connectivity index (χ0n) is 13.2. The number of thiophene rings is 1. The smallest absolute Gasteiger partial charge is 0.241 e. The van der Waals surface area contributed by atoms with Gasteiger partial charge in [0.1, 0.15) is 5.69 Å². The first-order valence-electron chi connectivity index (χ1n) is 7.42. The molecule has 24 heavy (non-hydrogen) atoms. The van der Waals surface area contributed by atoms with Crippen molar-refractivity contribution in [3.8, 4) is 11.5 Å². The van der Waals surface area contributed by atoms with Crippen LogP contribution in [0.1, 0.15) is 10.8 Å². The van der Waals surface area contributed by atoms with E-state index in [4.69, 9.17) is 4.52 Å². The van der Waals surface area contributed by atoms with Crippen LogP contribution in [0.2, 0.25) is 0 Å². The van der Waals surface area contributed by atoms with E-state index in [1.165, 1.54) is 0 Å². The van der Waals surface area contributed by atoms with Crippen molar-refractivity contribution in [1.29, 1.82) is 0 Å². The minimum absolute atomic E-state index is 0.0460. The number of pyridine rings is 1. The standard InChI is InChI=1S/C16H17N5O2S/c1-21(10-14(22)18-9-12-5-4-8-24-12)11-15-19-16(20-23-15)13-6-2-3-7-17-13/h2-8H,9-11H2,1H3,(H,18,22). The summed E-state index contributed by atoms with van der Waals surface area (Å²) < 4.78 is 5.22. The average molecular weight is 343 g/mol. The van der Waals surface area contributed by atoms with Gasteiger partial charge in [-0.05, 0) is 30.6 Å². The second-order valence-electron chi connectivity index (χ2n) is 5.26. The summed E-state index contributed by atoms with van der Waals surface area (Å²) in [5.74, 6) is 0.848. The minimum atomic E-state index is -0.0460. The van der Waals surface area contributed by atoms with Crippen molar-refractivity contribution in [2.24, 2.45) is 0 Å². The highest BCUT2D eigenvalue weighted by Gasteiger charge is 2.13. The van der Waals surface area contributed by atoms with Gasteiger partial charge in [0.25, 0.3) is 0 Å². The zero-order valence-corrected chi connectivity index (χ0v) is 14.0. The second kappa shape index (κ2) is 7.80. The number of carbonyl (C=O) groups excluding carboxylic acids is 1. The number of hydrogen-bond acceptors (Lipinski definition) is 7. The lowest BCUT2D eigenvalue weighted by atomic mass is 10.3. The molecule has 0 aromatic carbocycles. The Kier molecular flexibility index (Phi) is 5.29. The number of nitrogens with zero attached hydrogens (tertiary/aromatic N) is 4. The molecule has 0 atom stereocenters. The second-order valence-corrected chi connectivity index (χ2v) is 6.29. The average Bonchev–Trinajstić information content (AvgIpc) is 3.25. The maximum Gasteiger partial charge on any atom is 0.241 e. The van der Waals surface area contributed by atoms with Crippen molar-refractivity contribution in [2.75, 3.05) is 13.6 Å². The molecule has 3 rings (SSSR count). The van der Waals surface area contributed by atoms with E-state index >= 15 is 0 Å². The summed E-state index contributed by atoms with van der Waals surface area (Å²) in [7, 11) is 1.83. The molecule has 0 fully saturated rings. The fraction of sp³-hybridized carbons (Fsp3) is 0.250. The fourth-order valence-corrected chi connectivity index (χ4v) is 2.75. The van der Waals surface area contributed by atoms with Crippen molar-refractivity contribution in [3.63, 3.8) is 0 Å². The van der Waals surface area contributed by atoms with Gasteiger partial charge in [0.15, 0.2) is 0 Å². The molecule has 0 bridgehead atoms. The van der Waals surface area contributed by atoms with Gasteiger partial charge in [0, 0.05) is 11.1 Å². The number of hydrogen-bond donors (Lipinski definition) is 1. The van der Waals surface area contributed by atoms with Gasteiger partial charge in [-0.25, -0.2) is 0 Å². The Hall–Kier alpha value is -2.58. The van der Waals surface area contributed by atoms with Crippen LogP contribution in [-0.4, -0.2) is 39.5 Å². The molecular weight excluding hydrogens is 326 g/mol. The number of nitrogens with one attached hydrogen (secondary N) is 1. The molecule has 3 heterocycles. The molecule has 0 aliphatic rings. The molecule has 0 unspecified atom stereocenters. The lowest BCUT2D eigenvalue weighted by Gasteiger charge is -2.13. The van der Waals surface area contributed by atoms with E-state index < -0.39 is 0 Å². The van der Waals surface area contributed by atoms with Gasteiger partial charge in [-0.15, -0.1) is 11.3 Å². The normalized spacial score (nSPS) is 10.9. The Labute approximate surface area is 143 Å². The SMILES string of the molecule is CN(CC(=O)NCc1cccs1)Cc1nc(-c2ccccn2)no1. The molecular formula is C16H17N5O2S. The molecule has 3 aromatic rings. The van der Waals surface area contributed by atoms with Crippen LogP contribution in [0.4, 0.5) is 0 Å². The predicted octanol–water partition coefficient (Wildman–Crippen LogP) is 1.94. The van der Waals surface area contributed by atoms with E-state index in [1.807, 2.05) is 47.7 Å². The highest BCUT2D eigenvalue weighted by atomic mass is 32.1. The Morgan fingerprint density at radius 2 is 2.25 bits per heavy atom. The topological polar surface area (TPSA) is 84.2 Å². The molecule has 0 radical (unpaired) electrons. The van der Waals surface area contributed by atoms with Gasteiger partial charge >= 0.3 is 0 Å². The largest absolute Gasteiger partial charge is 0.350 e. The summed E-state index contributed by atoms with van der Waals surface area (Å²) in [5.41, 5.74) is 0.656. The fourth-order valence-electron chi connectivity index (χ4n) is 2.10. The first-order valence-corrected chi connectivity index (χ1v) is 8.30. The predicted molar refractivity (Wildman–Crippen MR) is 90.0 cm³/mol. The molecule has 3 aromatic heterocycles. The van der Waals surface area contributed by atoms with Crippen LogP contribution in [0, 0.1) is 0 Å². The molecule has 124 valence electrons. The summed E-state index contributed by atoms with van der Waals surface area (Å²) in [6.45, 7) is 1.20. The first kappa shape index (κ1) is 16.3. The summed E-state index contributed by atoms with van der Waals surface area (Å²) in [5, 5.41) is 8.79. The van der Waals surface area contributed by atoms with Gasteiger partial charge in [0.2, 0.25) is 17.6 Å². The number of aromatic nitrogens is 3. The third-order valence-electron chi connectivity index (χ3n) is 3.22. The molecule has 1 amide bonds. The summed E-state index contributed by atoms with van der Waals surface area (Å²) in [4.78, 5) is 23.4. The van der Waals surface area contributed by atoms with Crippen molar-refractivity contribution in [3.05, 3.63) is 52.7 Å². The van der Waals surface area contributed by atoms with Gasteiger partial charge < -0.3 is 9.84 Å². The van der Waals surface area contributed by atoms with Gasteiger partial charge in [-0.1, -0.05) is 17.3 Å². The monoisotopic (exact) mass is 343 g/mol. The van der Waals surface area contributed by atoms with Crippen LogP contribution >= 0.6 is 11.3 Å². The summed E-state index contributed by atoms with van der Waals surface area (Å²) in [6, 6.07) is 9.46. The van der Waals surface area contributed by atoms with Gasteiger partial charge in [0.05, 0.1) is 19.6 Å². The van der Waals surface area contributed by atoms with Crippen LogP contribution in [0.25, 0.3) is 11.5 Å². The van der Waals surface area contributed by atoms with Gasteiger partial charge in [-0.3, -0.25) is 14.7 Å². The third-order valence-corrected chi connectivity index (χ3v) is 4.10. The van der Waals surface area contributed by atoms with E-state index in [1.54, 1.807) is 17.5 Å². The lowest BCUT2D eigenvalue weighted by Crippen LogP contribution is -2.34. The van der Waals surface area contributed by atoms with Gasteiger partial charge in [-0.2, -0.15) is 4.98 Å². The minimum Gasteiger partial charge on any atom is -0.350 e. The van der Waals surface area contributed by atoms with E-state index in [0.717, 1.165) is 4.88 Å². The number of likely N-dealkylation sites (N-methyl/N-ethyl adjacent to an activating group) is 1. The number of rotatable bonds is 7. The van der Waals surface area contributed by atoms with Crippen molar-refractivity contribution < 1.29 is 9.32 Å². The zero-order chi connectivity index (χ0) is 16.8. The number of carbonyl (C=O) groups is 1. The van der Waals surface area contributed by atoms with Crippen LogP contribution in [0.5, 0.6) is 0 Å². The molecule has 0 saturated heterocycles. The number of amides is 1. The Bertz CT molecular complexity index is 773. The maximum atomic E-state index is 11.9. The highest BCUT2D eigenvalue weighted by Crippen LogP contribution is 2.12. The third kappa shape index (κ3) is 4.46. The molecule has 0 aliphatic carbocycles. The van der Waals surface area contributed by atoms with Crippen LogP contribution in [-0.2, 0) is 17.9 Å². The Morgan fingerprint density at radius 3 is 3.00 bits per heavy atom. The molecule has 0 saturated carbocycles. The van der Waals surface area contributed by atoms with Crippen LogP contribution in [0.3, 0.4) is 0 Å². The lowest BCUT2D eigenvalue weighted by molar-refractivity contribution is -0.122. The summed E-state index contributed by atoms with van der Waals surface area (Å²) >= 11 is 1.62. The molecule has 7 nitrogen and oxygen atoms in total. The van der Waals surface area contributed by atoms with Crippen LogP contribution in [0.15, 0.2) is 46.4 Å². The van der Waals surface area contributed by atoms with E-state index in [9.17, 15) is 4.79 Å². The van der Waals surface area contributed by atoms with Crippen molar-refractivity contribution in [2.45, 2.75) is 13.1 Å². The van der Waals surface area contributed by atoms with E-state index in [2.05, 4.69) is 20.4 Å². The molecule has 0 aliphatic heterocycles. The van der Waals surface area contributed by atoms with Crippen LogP contribution < -0.4 is 5.32 Å². The summed E-state index contributed by atoms with van der Waals surface area (Å²) in [6.07, 6.45) is 1.68.